The minimum absolute atomic E-state index is 0.130. The second-order valence-corrected chi connectivity index (χ2v) is 6.14. The van der Waals surface area contributed by atoms with Gasteiger partial charge in [-0.25, -0.2) is 4.79 Å². The molecule has 2 fully saturated rings. The molecule has 0 saturated carbocycles. The van der Waals surface area contributed by atoms with Crippen molar-refractivity contribution >= 4 is 6.09 Å². The number of fused-ring (bicyclic) bond motifs is 1. The van der Waals surface area contributed by atoms with E-state index in [1.54, 1.807) is 0 Å². The molecule has 1 amide bonds. The zero-order chi connectivity index (χ0) is 12.5. The van der Waals surface area contributed by atoms with Gasteiger partial charge in [0.05, 0.1) is 0 Å². The summed E-state index contributed by atoms with van der Waals surface area (Å²) >= 11 is 0. The zero-order valence-electron chi connectivity index (χ0n) is 11.2. The minimum atomic E-state index is -0.392. The van der Waals surface area contributed by atoms with Crippen molar-refractivity contribution in [2.45, 2.75) is 51.7 Å². The Balaban J connectivity index is 2.01. The van der Waals surface area contributed by atoms with Gasteiger partial charge in [-0.1, -0.05) is 0 Å². The van der Waals surface area contributed by atoms with E-state index in [-0.39, 0.29) is 6.09 Å². The van der Waals surface area contributed by atoms with Gasteiger partial charge in [-0.05, 0) is 59.0 Å². The second-order valence-electron chi connectivity index (χ2n) is 6.14. The van der Waals surface area contributed by atoms with Gasteiger partial charge in [-0.15, -0.1) is 0 Å². The summed E-state index contributed by atoms with van der Waals surface area (Å²) < 4.78 is 5.49. The van der Waals surface area contributed by atoms with Gasteiger partial charge in [-0.3, -0.25) is 0 Å². The summed E-state index contributed by atoms with van der Waals surface area (Å²) in [6.07, 6.45) is 3.26. The van der Waals surface area contributed by atoms with Crippen LogP contribution in [0.25, 0.3) is 0 Å². The Morgan fingerprint density at radius 1 is 1.35 bits per heavy atom. The first kappa shape index (κ1) is 12.7. The lowest BCUT2D eigenvalue weighted by atomic mass is 9.85. The lowest BCUT2D eigenvalue weighted by molar-refractivity contribution is -0.00497. The van der Waals surface area contributed by atoms with Gasteiger partial charge in [0.15, 0.2) is 0 Å². The van der Waals surface area contributed by atoms with E-state index in [4.69, 9.17) is 4.74 Å². The smallest absolute Gasteiger partial charge is 0.410 e. The largest absolute Gasteiger partial charge is 0.444 e. The average molecular weight is 240 g/mol. The zero-order valence-corrected chi connectivity index (χ0v) is 11.2. The van der Waals surface area contributed by atoms with E-state index in [1.165, 1.54) is 6.42 Å². The van der Waals surface area contributed by atoms with Gasteiger partial charge in [0, 0.05) is 12.6 Å². The van der Waals surface area contributed by atoms with E-state index >= 15 is 0 Å². The van der Waals surface area contributed by atoms with Crippen LogP contribution in [0, 0.1) is 5.92 Å². The van der Waals surface area contributed by atoms with Crippen LogP contribution in [-0.2, 0) is 4.74 Å². The van der Waals surface area contributed by atoms with Crippen molar-refractivity contribution in [1.29, 1.82) is 0 Å². The van der Waals surface area contributed by atoms with E-state index < -0.39 is 5.60 Å². The van der Waals surface area contributed by atoms with Crippen LogP contribution in [0.15, 0.2) is 0 Å². The summed E-state index contributed by atoms with van der Waals surface area (Å²) in [5, 5.41) is 3.41. The molecule has 0 aromatic heterocycles. The van der Waals surface area contributed by atoms with Crippen LogP contribution >= 0.6 is 0 Å². The molecule has 0 aromatic carbocycles. The standard InChI is InChI=1S/C13H24N2O2/c1-13(2,3)17-12(16)15-8-4-5-10-9-14-7-6-11(10)15/h10-11,14H,4-9H2,1-3H3/t10-,11+/m1/s1. The quantitative estimate of drug-likeness (QED) is 0.704. The normalized spacial score (nSPS) is 29.7. The van der Waals surface area contributed by atoms with Gasteiger partial charge < -0.3 is 15.0 Å². The average Bonchev–Trinajstić information content (AvgIpc) is 2.26. The van der Waals surface area contributed by atoms with Crippen LogP contribution in [-0.4, -0.2) is 42.3 Å². The van der Waals surface area contributed by atoms with E-state index in [0.29, 0.717) is 12.0 Å². The molecule has 0 radical (unpaired) electrons. The van der Waals surface area contributed by atoms with E-state index in [2.05, 4.69) is 5.32 Å². The van der Waals surface area contributed by atoms with Crippen LogP contribution < -0.4 is 5.32 Å². The highest BCUT2D eigenvalue weighted by molar-refractivity contribution is 5.68. The third kappa shape index (κ3) is 3.12. The van der Waals surface area contributed by atoms with Crippen molar-refractivity contribution < 1.29 is 9.53 Å². The first-order valence-corrected chi connectivity index (χ1v) is 6.68. The Morgan fingerprint density at radius 3 is 2.82 bits per heavy atom. The molecule has 2 saturated heterocycles. The number of ether oxygens (including phenoxy) is 1. The minimum Gasteiger partial charge on any atom is -0.444 e. The third-order valence-corrected chi connectivity index (χ3v) is 3.57. The Morgan fingerprint density at radius 2 is 2.12 bits per heavy atom. The van der Waals surface area contributed by atoms with Gasteiger partial charge in [0.1, 0.15) is 5.60 Å². The molecule has 17 heavy (non-hydrogen) atoms. The number of nitrogens with one attached hydrogen (secondary N) is 1. The Kier molecular flexibility index (Phi) is 3.61. The highest BCUT2D eigenvalue weighted by atomic mass is 16.6. The van der Waals surface area contributed by atoms with E-state index in [1.807, 2.05) is 25.7 Å². The Bertz CT molecular complexity index is 284. The number of hydrogen-bond acceptors (Lipinski definition) is 3. The van der Waals surface area contributed by atoms with Crippen molar-refractivity contribution in [3.8, 4) is 0 Å². The van der Waals surface area contributed by atoms with Crippen molar-refractivity contribution in [3.05, 3.63) is 0 Å². The van der Waals surface area contributed by atoms with Crippen molar-refractivity contribution in [2.75, 3.05) is 19.6 Å². The van der Waals surface area contributed by atoms with Crippen molar-refractivity contribution in [1.82, 2.24) is 10.2 Å². The summed E-state index contributed by atoms with van der Waals surface area (Å²) in [7, 11) is 0. The number of hydrogen-bond donors (Lipinski definition) is 1. The number of nitrogens with zero attached hydrogens (tertiary/aromatic N) is 1. The molecule has 98 valence electrons. The summed E-state index contributed by atoms with van der Waals surface area (Å²) in [6.45, 7) is 8.69. The fraction of sp³-hybridized carbons (Fsp3) is 0.923. The topological polar surface area (TPSA) is 41.6 Å². The molecule has 1 N–H and O–H groups in total. The molecule has 2 rings (SSSR count). The van der Waals surface area contributed by atoms with Gasteiger partial charge in [0.25, 0.3) is 0 Å². The van der Waals surface area contributed by atoms with Gasteiger partial charge in [0.2, 0.25) is 0 Å². The van der Waals surface area contributed by atoms with Crippen LogP contribution in [0.2, 0.25) is 0 Å². The molecule has 4 heteroatoms. The molecule has 2 aliphatic rings. The fourth-order valence-electron chi connectivity index (χ4n) is 2.85. The molecule has 2 heterocycles. The highest BCUT2D eigenvalue weighted by Crippen LogP contribution is 2.28. The summed E-state index contributed by atoms with van der Waals surface area (Å²) in [6, 6.07) is 0.389. The number of amides is 1. The number of carbonyl (C=O) groups excluding carboxylic acids is 1. The van der Waals surface area contributed by atoms with E-state index in [0.717, 1.165) is 32.5 Å². The lowest BCUT2D eigenvalue weighted by Crippen LogP contribution is -2.55. The predicted molar refractivity (Wildman–Crippen MR) is 66.9 cm³/mol. The van der Waals surface area contributed by atoms with Gasteiger partial charge in [-0.2, -0.15) is 0 Å². The monoisotopic (exact) mass is 240 g/mol. The van der Waals surface area contributed by atoms with Crippen molar-refractivity contribution in [3.63, 3.8) is 0 Å². The van der Waals surface area contributed by atoms with Crippen LogP contribution in [0.3, 0.4) is 0 Å². The molecule has 2 aliphatic heterocycles. The summed E-state index contributed by atoms with van der Waals surface area (Å²) in [5.74, 6) is 0.616. The first-order valence-electron chi connectivity index (χ1n) is 6.68. The molecule has 0 spiro atoms. The Hall–Kier alpha value is -0.770. The fourth-order valence-corrected chi connectivity index (χ4v) is 2.85. The number of piperidine rings is 2. The molecule has 2 atom stereocenters. The maximum atomic E-state index is 12.2. The molecule has 0 aliphatic carbocycles. The maximum absolute atomic E-state index is 12.2. The molecule has 4 nitrogen and oxygen atoms in total. The predicted octanol–water partition coefficient (Wildman–Crippen LogP) is 2.00. The lowest BCUT2D eigenvalue weighted by Gasteiger charge is -2.44. The number of rotatable bonds is 0. The molecule has 0 unspecified atom stereocenters. The maximum Gasteiger partial charge on any atom is 0.410 e. The summed E-state index contributed by atoms with van der Waals surface area (Å²) in [4.78, 5) is 14.1. The van der Waals surface area contributed by atoms with E-state index in [9.17, 15) is 4.79 Å². The van der Waals surface area contributed by atoms with Crippen molar-refractivity contribution in [2.24, 2.45) is 5.92 Å². The van der Waals surface area contributed by atoms with Crippen LogP contribution in [0.4, 0.5) is 4.79 Å². The molecular formula is C13H24N2O2. The summed E-state index contributed by atoms with van der Waals surface area (Å²) in [5.41, 5.74) is -0.392. The third-order valence-electron chi connectivity index (χ3n) is 3.57. The molecule has 0 aromatic rings. The van der Waals surface area contributed by atoms with Crippen LogP contribution in [0.5, 0.6) is 0 Å². The molecular weight excluding hydrogens is 216 g/mol. The number of likely N-dealkylation sites (tertiary alicyclic amines) is 1. The molecule has 0 bridgehead atoms. The van der Waals surface area contributed by atoms with Gasteiger partial charge >= 0.3 is 6.09 Å². The SMILES string of the molecule is CC(C)(C)OC(=O)N1CCC[C@@H]2CNCC[C@@H]21. The highest BCUT2D eigenvalue weighted by Gasteiger charge is 2.37. The Labute approximate surface area is 104 Å². The number of carbonyl (C=O) groups is 1. The van der Waals surface area contributed by atoms with Crippen LogP contribution in [0.1, 0.15) is 40.0 Å². The first-order chi connectivity index (χ1) is 7.97. The second kappa shape index (κ2) is 4.84.